The molecule has 2 fully saturated rings. The van der Waals surface area contributed by atoms with Crippen molar-refractivity contribution in [2.45, 2.75) is 57.0 Å². The van der Waals surface area contributed by atoms with Crippen molar-refractivity contribution in [3.8, 4) is 0 Å². The maximum atomic E-state index is 5.83. The van der Waals surface area contributed by atoms with Gasteiger partial charge < -0.3 is 11.1 Å². The van der Waals surface area contributed by atoms with Crippen molar-refractivity contribution in [1.82, 2.24) is 4.90 Å². The Morgan fingerprint density at radius 2 is 1.81 bits per heavy atom. The van der Waals surface area contributed by atoms with Gasteiger partial charge in [-0.1, -0.05) is 38.1 Å². The van der Waals surface area contributed by atoms with E-state index in [0.29, 0.717) is 6.04 Å². The fourth-order valence-electron chi connectivity index (χ4n) is 5.91. The molecule has 0 radical (unpaired) electrons. The molecule has 3 nitrogen and oxygen atoms in total. The molecular weight excluding hydrogens is 330 g/mol. The van der Waals surface area contributed by atoms with Crippen LogP contribution in [0.5, 0.6) is 0 Å². The molecule has 2 aromatic rings. The van der Waals surface area contributed by atoms with Gasteiger partial charge in [-0.15, -0.1) is 0 Å². The minimum absolute atomic E-state index is 0.219. The number of nitrogens with zero attached hydrogens (tertiary/aromatic N) is 1. The van der Waals surface area contributed by atoms with Crippen LogP contribution >= 0.6 is 0 Å². The number of anilines is 2. The van der Waals surface area contributed by atoms with Crippen molar-refractivity contribution in [2.75, 3.05) is 24.1 Å². The van der Waals surface area contributed by atoms with E-state index in [4.69, 9.17) is 5.73 Å². The molecule has 3 aliphatic rings. The van der Waals surface area contributed by atoms with E-state index in [1.165, 1.54) is 54.7 Å². The third-order valence-corrected chi connectivity index (χ3v) is 7.40. The summed E-state index contributed by atoms with van der Waals surface area (Å²) >= 11 is 0. The largest absolute Gasteiger partial charge is 0.399 e. The summed E-state index contributed by atoms with van der Waals surface area (Å²) in [5.41, 5.74) is 12.5. The zero-order valence-electron chi connectivity index (χ0n) is 16.5. The lowest BCUT2D eigenvalue weighted by molar-refractivity contribution is 0.0912. The van der Waals surface area contributed by atoms with E-state index < -0.39 is 0 Å². The number of fused-ring (bicyclic) bond motifs is 4. The number of nitrogens with one attached hydrogen (secondary N) is 1. The zero-order chi connectivity index (χ0) is 18.6. The Hall–Kier alpha value is -2.00. The Bertz CT molecular complexity index is 839. The van der Waals surface area contributed by atoms with Gasteiger partial charge in [0.2, 0.25) is 0 Å². The van der Waals surface area contributed by atoms with Crippen molar-refractivity contribution in [2.24, 2.45) is 5.92 Å². The first-order chi connectivity index (χ1) is 13.0. The lowest BCUT2D eigenvalue weighted by atomic mass is 9.63. The monoisotopic (exact) mass is 361 g/mol. The van der Waals surface area contributed by atoms with Crippen LogP contribution in [0.3, 0.4) is 0 Å². The van der Waals surface area contributed by atoms with Crippen LogP contribution in [-0.2, 0) is 11.8 Å². The van der Waals surface area contributed by atoms with Gasteiger partial charge in [-0.05, 0) is 85.0 Å². The van der Waals surface area contributed by atoms with Crippen LogP contribution in [0.2, 0.25) is 0 Å². The SMILES string of the molecule is CC1(C)c2cc(Cc3ccc(N)cc3)ccc2N[C@@H]2[C@@H]3CCCN3CC[C@@H]21. The van der Waals surface area contributed by atoms with Crippen molar-refractivity contribution in [1.29, 1.82) is 0 Å². The molecule has 3 heteroatoms. The Kier molecular flexibility index (Phi) is 3.98. The Morgan fingerprint density at radius 3 is 2.63 bits per heavy atom. The number of hydrogen-bond acceptors (Lipinski definition) is 3. The third-order valence-electron chi connectivity index (χ3n) is 7.40. The average molecular weight is 362 g/mol. The van der Waals surface area contributed by atoms with Crippen LogP contribution in [0, 0.1) is 5.92 Å². The fraction of sp³-hybridized carbons (Fsp3) is 0.500. The lowest BCUT2D eigenvalue weighted by Crippen LogP contribution is -2.59. The van der Waals surface area contributed by atoms with Gasteiger partial charge in [-0.25, -0.2) is 0 Å². The zero-order valence-corrected chi connectivity index (χ0v) is 16.5. The summed E-state index contributed by atoms with van der Waals surface area (Å²) in [5, 5.41) is 3.97. The molecule has 0 spiro atoms. The van der Waals surface area contributed by atoms with E-state index in [0.717, 1.165) is 24.1 Å². The molecule has 27 heavy (non-hydrogen) atoms. The molecule has 2 saturated heterocycles. The third kappa shape index (κ3) is 2.84. The average Bonchev–Trinajstić information content (AvgIpc) is 3.13. The molecule has 0 unspecified atom stereocenters. The first kappa shape index (κ1) is 17.1. The fourth-order valence-corrected chi connectivity index (χ4v) is 5.91. The number of benzene rings is 2. The van der Waals surface area contributed by atoms with Crippen molar-refractivity contribution >= 4 is 11.4 Å². The summed E-state index contributed by atoms with van der Waals surface area (Å²) in [6.07, 6.45) is 5.00. The normalized spacial score (nSPS) is 28.7. The summed E-state index contributed by atoms with van der Waals surface area (Å²) in [4.78, 5) is 2.73. The lowest BCUT2D eigenvalue weighted by Gasteiger charge is -2.53. The predicted molar refractivity (Wildman–Crippen MR) is 113 cm³/mol. The maximum Gasteiger partial charge on any atom is 0.0453 e. The first-order valence-electron chi connectivity index (χ1n) is 10.5. The van der Waals surface area contributed by atoms with E-state index in [-0.39, 0.29) is 5.41 Å². The van der Waals surface area contributed by atoms with Crippen LogP contribution < -0.4 is 11.1 Å². The summed E-state index contributed by atoms with van der Waals surface area (Å²) in [5.74, 6) is 0.719. The highest BCUT2D eigenvalue weighted by Gasteiger charge is 2.49. The topological polar surface area (TPSA) is 41.3 Å². The number of piperidine rings is 1. The molecule has 0 saturated carbocycles. The molecule has 3 N–H and O–H groups in total. The van der Waals surface area contributed by atoms with E-state index in [2.05, 4.69) is 54.4 Å². The Balaban J connectivity index is 1.47. The number of nitrogen functional groups attached to an aromatic ring is 1. The van der Waals surface area contributed by atoms with E-state index in [1.54, 1.807) is 0 Å². The van der Waals surface area contributed by atoms with Crippen LogP contribution in [0.1, 0.15) is 49.8 Å². The van der Waals surface area contributed by atoms with Gasteiger partial charge in [0.05, 0.1) is 0 Å². The van der Waals surface area contributed by atoms with Gasteiger partial charge in [0.25, 0.3) is 0 Å². The van der Waals surface area contributed by atoms with Gasteiger partial charge in [0.15, 0.2) is 0 Å². The van der Waals surface area contributed by atoms with Gasteiger partial charge in [-0.3, -0.25) is 4.90 Å². The molecule has 0 aliphatic carbocycles. The summed E-state index contributed by atoms with van der Waals surface area (Å²) < 4.78 is 0. The molecule has 3 heterocycles. The van der Waals surface area contributed by atoms with E-state index in [1.807, 2.05) is 12.1 Å². The second-order valence-electron chi connectivity index (χ2n) is 9.33. The van der Waals surface area contributed by atoms with Crippen molar-refractivity contribution < 1.29 is 0 Å². The van der Waals surface area contributed by atoms with Crippen LogP contribution in [0.25, 0.3) is 0 Å². The number of hydrogen-bond donors (Lipinski definition) is 2. The minimum Gasteiger partial charge on any atom is -0.399 e. The van der Waals surface area contributed by atoms with Crippen LogP contribution in [0.4, 0.5) is 11.4 Å². The van der Waals surface area contributed by atoms with Gasteiger partial charge in [-0.2, -0.15) is 0 Å². The molecule has 3 aliphatic heterocycles. The Morgan fingerprint density at radius 1 is 1.04 bits per heavy atom. The van der Waals surface area contributed by atoms with E-state index >= 15 is 0 Å². The first-order valence-corrected chi connectivity index (χ1v) is 10.5. The molecular formula is C24H31N3. The second-order valence-corrected chi connectivity index (χ2v) is 9.33. The molecule has 3 atom stereocenters. The minimum atomic E-state index is 0.219. The highest BCUT2D eigenvalue weighted by molar-refractivity contribution is 5.60. The highest BCUT2D eigenvalue weighted by Crippen LogP contribution is 2.49. The van der Waals surface area contributed by atoms with Crippen molar-refractivity contribution in [3.63, 3.8) is 0 Å². The standard InChI is InChI=1S/C24H31N3/c1-24(2)19-11-13-27-12-3-4-22(27)23(19)26-21-10-7-17(15-20(21)24)14-16-5-8-18(25)9-6-16/h5-10,15,19,22-23,26H,3-4,11-14,25H2,1-2H3/t19-,22-,23-/m0/s1. The summed E-state index contributed by atoms with van der Waals surface area (Å²) in [6, 6.07) is 16.7. The number of nitrogens with two attached hydrogens (primary N) is 1. The number of rotatable bonds is 2. The van der Waals surface area contributed by atoms with Gasteiger partial charge in [0.1, 0.15) is 0 Å². The Labute approximate surface area is 162 Å². The molecule has 2 aromatic carbocycles. The van der Waals surface area contributed by atoms with Gasteiger partial charge >= 0.3 is 0 Å². The quantitative estimate of drug-likeness (QED) is 0.778. The van der Waals surface area contributed by atoms with Crippen molar-refractivity contribution in [3.05, 3.63) is 59.2 Å². The summed E-state index contributed by atoms with van der Waals surface area (Å²) in [7, 11) is 0. The molecule has 142 valence electrons. The second kappa shape index (κ2) is 6.27. The molecule has 0 aromatic heterocycles. The van der Waals surface area contributed by atoms with Crippen LogP contribution in [0.15, 0.2) is 42.5 Å². The van der Waals surface area contributed by atoms with Gasteiger partial charge in [0, 0.05) is 23.5 Å². The van der Waals surface area contributed by atoms with Crippen LogP contribution in [-0.4, -0.2) is 30.1 Å². The smallest absolute Gasteiger partial charge is 0.0453 e. The molecule has 0 bridgehead atoms. The predicted octanol–water partition coefficient (Wildman–Crippen LogP) is 4.42. The highest BCUT2D eigenvalue weighted by atomic mass is 15.2. The maximum absolute atomic E-state index is 5.83. The van der Waals surface area contributed by atoms with E-state index in [9.17, 15) is 0 Å². The molecule has 0 amide bonds. The molecule has 5 rings (SSSR count). The summed E-state index contributed by atoms with van der Waals surface area (Å²) in [6.45, 7) is 7.52.